The Labute approximate surface area is 142 Å². The number of aliphatic hydroxyl groups excluding tert-OH is 1. The number of nitrogens with zero attached hydrogens (tertiary/aromatic N) is 2. The second-order valence-corrected chi connectivity index (χ2v) is 6.36. The Balaban J connectivity index is 1.96. The van der Waals surface area contributed by atoms with Gasteiger partial charge in [0.15, 0.2) is 5.82 Å². The fourth-order valence-electron chi connectivity index (χ4n) is 3.25. The van der Waals surface area contributed by atoms with E-state index in [2.05, 4.69) is 10.3 Å². The first-order chi connectivity index (χ1) is 11.7. The van der Waals surface area contributed by atoms with Gasteiger partial charge < -0.3 is 10.4 Å². The topological polar surface area (TPSA) is 75.1 Å². The maximum absolute atomic E-state index is 11.5. The molecule has 0 bridgehead atoms. The van der Waals surface area contributed by atoms with Crippen molar-refractivity contribution in [3.8, 4) is 11.3 Å². The van der Waals surface area contributed by atoms with Gasteiger partial charge >= 0.3 is 0 Å². The van der Waals surface area contributed by atoms with E-state index < -0.39 is 0 Å². The molecule has 0 unspecified atom stereocenters. The summed E-state index contributed by atoms with van der Waals surface area (Å²) in [4.78, 5) is 20.8. The van der Waals surface area contributed by atoms with E-state index in [-0.39, 0.29) is 12.5 Å². The van der Waals surface area contributed by atoms with E-state index in [0.29, 0.717) is 11.7 Å². The highest BCUT2D eigenvalue weighted by molar-refractivity contribution is 5.88. The second kappa shape index (κ2) is 7.53. The minimum Gasteiger partial charge on any atom is -0.392 e. The lowest BCUT2D eigenvalue weighted by atomic mass is 9.86. The van der Waals surface area contributed by atoms with E-state index in [1.165, 1.54) is 26.2 Å². The van der Waals surface area contributed by atoms with Gasteiger partial charge in [-0.15, -0.1) is 0 Å². The number of amides is 1. The summed E-state index contributed by atoms with van der Waals surface area (Å²) in [5.41, 5.74) is 3.53. The fraction of sp³-hybridized carbons (Fsp3) is 0.421. The third-order valence-electron chi connectivity index (χ3n) is 4.52. The Morgan fingerprint density at radius 2 is 1.92 bits per heavy atom. The van der Waals surface area contributed by atoms with E-state index >= 15 is 0 Å². The van der Waals surface area contributed by atoms with Gasteiger partial charge in [-0.3, -0.25) is 4.79 Å². The largest absolute Gasteiger partial charge is 0.392 e. The molecule has 0 radical (unpaired) electrons. The van der Waals surface area contributed by atoms with Crippen molar-refractivity contribution < 1.29 is 9.90 Å². The minimum atomic E-state index is -0.124. The molecule has 1 aliphatic carbocycles. The van der Waals surface area contributed by atoms with Crippen LogP contribution in [0, 0.1) is 0 Å². The first kappa shape index (κ1) is 16.6. The van der Waals surface area contributed by atoms with Gasteiger partial charge in [0.1, 0.15) is 0 Å². The Kier molecular flexibility index (Phi) is 5.20. The van der Waals surface area contributed by atoms with Gasteiger partial charge in [-0.2, -0.15) is 0 Å². The molecule has 1 saturated carbocycles. The number of carbonyl (C=O) groups excluding carboxylic acids is 1. The zero-order valence-corrected chi connectivity index (χ0v) is 14.0. The lowest BCUT2D eigenvalue weighted by molar-refractivity contribution is -0.114. The summed E-state index contributed by atoms with van der Waals surface area (Å²) in [6.07, 6.45) is 7.54. The number of anilines is 1. The third kappa shape index (κ3) is 3.79. The monoisotopic (exact) mass is 325 g/mol. The first-order valence-corrected chi connectivity index (χ1v) is 8.52. The molecule has 0 aliphatic heterocycles. The van der Waals surface area contributed by atoms with E-state index in [4.69, 9.17) is 10.1 Å². The van der Waals surface area contributed by atoms with Crippen molar-refractivity contribution in [2.24, 2.45) is 0 Å². The predicted octanol–water partition coefficient (Wildman–Crippen LogP) is 3.64. The van der Waals surface area contributed by atoms with Crippen LogP contribution < -0.4 is 5.32 Å². The smallest absolute Gasteiger partial charge is 0.222 e. The summed E-state index contributed by atoms with van der Waals surface area (Å²) >= 11 is 0. The SMILES string of the molecule is CC(=O)Nc1ncc(-c2ccc(CO)cc2)nc1C1CCCCC1. The molecule has 1 fully saturated rings. The lowest BCUT2D eigenvalue weighted by Crippen LogP contribution is -2.15. The van der Waals surface area contributed by atoms with Crippen molar-refractivity contribution in [1.82, 2.24) is 9.97 Å². The first-order valence-electron chi connectivity index (χ1n) is 8.52. The van der Waals surface area contributed by atoms with Crippen molar-refractivity contribution in [2.45, 2.75) is 51.6 Å². The summed E-state index contributed by atoms with van der Waals surface area (Å²) in [6, 6.07) is 7.66. The third-order valence-corrected chi connectivity index (χ3v) is 4.52. The number of aliphatic hydroxyl groups is 1. The molecule has 1 amide bonds. The summed E-state index contributed by atoms with van der Waals surface area (Å²) in [5, 5.41) is 12.0. The molecule has 5 nitrogen and oxygen atoms in total. The highest BCUT2D eigenvalue weighted by Gasteiger charge is 2.22. The van der Waals surface area contributed by atoms with Gasteiger partial charge in [-0.05, 0) is 18.4 Å². The van der Waals surface area contributed by atoms with Crippen molar-refractivity contribution in [3.05, 3.63) is 41.7 Å². The summed E-state index contributed by atoms with van der Waals surface area (Å²) in [7, 11) is 0. The fourth-order valence-corrected chi connectivity index (χ4v) is 3.25. The van der Waals surface area contributed by atoms with Crippen LogP contribution in [0.25, 0.3) is 11.3 Å². The molecule has 3 rings (SSSR count). The van der Waals surface area contributed by atoms with E-state index in [1.807, 2.05) is 24.3 Å². The molecule has 126 valence electrons. The van der Waals surface area contributed by atoms with Crippen molar-refractivity contribution in [2.75, 3.05) is 5.32 Å². The van der Waals surface area contributed by atoms with Gasteiger partial charge in [0.25, 0.3) is 0 Å². The van der Waals surface area contributed by atoms with Crippen LogP contribution in [-0.4, -0.2) is 21.0 Å². The molecule has 2 N–H and O–H groups in total. The normalized spacial score (nSPS) is 15.2. The highest BCUT2D eigenvalue weighted by atomic mass is 16.3. The van der Waals surface area contributed by atoms with E-state index in [0.717, 1.165) is 35.4 Å². The molecule has 0 atom stereocenters. The maximum atomic E-state index is 11.5. The molecule has 24 heavy (non-hydrogen) atoms. The number of benzene rings is 1. The van der Waals surface area contributed by atoms with Gasteiger partial charge in [0, 0.05) is 18.4 Å². The minimum absolute atomic E-state index is 0.0285. The number of nitrogens with one attached hydrogen (secondary N) is 1. The van der Waals surface area contributed by atoms with E-state index in [9.17, 15) is 4.79 Å². The van der Waals surface area contributed by atoms with Crippen molar-refractivity contribution >= 4 is 11.7 Å². The highest BCUT2D eigenvalue weighted by Crippen LogP contribution is 2.35. The number of hydrogen-bond acceptors (Lipinski definition) is 4. The van der Waals surface area contributed by atoms with Crippen LogP contribution in [-0.2, 0) is 11.4 Å². The molecule has 1 heterocycles. The van der Waals surface area contributed by atoms with Crippen LogP contribution in [0.4, 0.5) is 5.82 Å². The van der Waals surface area contributed by atoms with Crippen molar-refractivity contribution in [1.29, 1.82) is 0 Å². The van der Waals surface area contributed by atoms with Gasteiger partial charge in [-0.1, -0.05) is 43.5 Å². The Morgan fingerprint density at radius 1 is 1.21 bits per heavy atom. The zero-order valence-electron chi connectivity index (χ0n) is 14.0. The van der Waals surface area contributed by atoms with Crippen LogP contribution in [0.1, 0.15) is 56.2 Å². The average Bonchev–Trinajstić information content (AvgIpc) is 2.62. The number of aromatic nitrogens is 2. The molecule has 1 aliphatic rings. The predicted molar refractivity (Wildman–Crippen MR) is 93.5 cm³/mol. The average molecular weight is 325 g/mol. The maximum Gasteiger partial charge on any atom is 0.222 e. The van der Waals surface area contributed by atoms with Crippen LogP contribution in [0.15, 0.2) is 30.5 Å². The van der Waals surface area contributed by atoms with Crippen LogP contribution >= 0.6 is 0 Å². The molecular formula is C19H23N3O2. The van der Waals surface area contributed by atoms with Crippen LogP contribution in [0.3, 0.4) is 0 Å². The standard InChI is InChI=1S/C19H23N3O2/c1-13(24)21-19-18(16-5-3-2-4-6-16)22-17(11-20-19)15-9-7-14(12-23)8-10-15/h7-11,16,23H,2-6,12H2,1H3,(H,20,21,24). The Morgan fingerprint density at radius 3 is 2.54 bits per heavy atom. The molecular weight excluding hydrogens is 302 g/mol. The zero-order chi connectivity index (χ0) is 16.9. The lowest BCUT2D eigenvalue weighted by Gasteiger charge is -2.23. The molecule has 5 heteroatoms. The molecule has 2 aromatic rings. The molecule has 0 saturated heterocycles. The summed E-state index contributed by atoms with van der Waals surface area (Å²) in [5.74, 6) is 0.816. The number of hydrogen-bond donors (Lipinski definition) is 2. The number of rotatable bonds is 4. The summed E-state index contributed by atoms with van der Waals surface area (Å²) in [6.45, 7) is 1.52. The van der Waals surface area contributed by atoms with Gasteiger partial charge in [0.2, 0.25) is 5.91 Å². The molecule has 0 spiro atoms. The Hall–Kier alpha value is -2.27. The van der Waals surface area contributed by atoms with E-state index in [1.54, 1.807) is 6.20 Å². The quantitative estimate of drug-likeness (QED) is 0.900. The molecule has 1 aromatic carbocycles. The van der Waals surface area contributed by atoms with Gasteiger partial charge in [-0.25, -0.2) is 9.97 Å². The van der Waals surface area contributed by atoms with Crippen LogP contribution in [0.2, 0.25) is 0 Å². The summed E-state index contributed by atoms with van der Waals surface area (Å²) < 4.78 is 0. The second-order valence-electron chi connectivity index (χ2n) is 6.36. The van der Waals surface area contributed by atoms with Crippen LogP contribution in [0.5, 0.6) is 0 Å². The van der Waals surface area contributed by atoms with Crippen molar-refractivity contribution in [3.63, 3.8) is 0 Å². The molecule has 1 aromatic heterocycles. The van der Waals surface area contributed by atoms with Gasteiger partial charge in [0.05, 0.1) is 24.2 Å². The Bertz CT molecular complexity index is 707. The number of carbonyl (C=O) groups is 1.